The number of aromatic nitrogens is 1. The lowest BCUT2D eigenvalue weighted by molar-refractivity contribution is 0.0603. The molecule has 0 radical (unpaired) electrons. The second-order valence-electron chi connectivity index (χ2n) is 4.54. The van der Waals surface area contributed by atoms with Crippen LogP contribution in [0.1, 0.15) is 10.4 Å². The second kappa shape index (κ2) is 5.01. The van der Waals surface area contributed by atoms with Gasteiger partial charge in [-0.25, -0.2) is 13.6 Å². The van der Waals surface area contributed by atoms with Crippen LogP contribution in [0.3, 0.4) is 0 Å². The first kappa shape index (κ1) is 13.3. The first-order valence-electron chi connectivity index (χ1n) is 6.25. The van der Waals surface area contributed by atoms with Crippen molar-refractivity contribution in [3.63, 3.8) is 0 Å². The molecule has 3 rings (SSSR count). The van der Waals surface area contributed by atoms with Gasteiger partial charge in [0.2, 0.25) is 0 Å². The number of benzene rings is 2. The van der Waals surface area contributed by atoms with Crippen molar-refractivity contribution in [3.05, 3.63) is 65.9 Å². The normalized spacial score (nSPS) is 10.8. The van der Waals surface area contributed by atoms with Gasteiger partial charge in [0.15, 0.2) is 0 Å². The van der Waals surface area contributed by atoms with E-state index in [0.717, 1.165) is 6.07 Å². The number of carbonyl (C=O) groups is 1. The number of carbonyl (C=O) groups excluding carboxylic acids is 1. The van der Waals surface area contributed by atoms with Crippen molar-refractivity contribution in [1.82, 2.24) is 4.57 Å². The van der Waals surface area contributed by atoms with Crippen LogP contribution in [0, 0.1) is 11.6 Å². The first-order chi connectivity index (χ1) is 10.1. The van der Waals surface area contributed by atoms with E-state index in [4.69, 9.17) is 4.74 Å². The Morgan fingerprint density at radius 2 is 1.81 bits per heavy atom. The summed E-state index contributed by atoms with van der Waals surface area (Å²) in [6.45, 7) is 0. The van der Waals surface area contributed by atoms with Gasteiger partial charge in [0.05, 0.1) is 23.9 Å². The molecule has 2 aromatic carbocycles. The van der Waals surface area contributed by atoms with Gasteiger partial charge in [0.25, 0.3) is 0 Å². The maximum Gasteiger partial charge on any atom is 0.338 e. The van der Waals surface area contributed by atoms with Crippen LogP contribution >= 0.6 is 0 Å². The van der Waals surface area contributed by atoms with Crippen LogP contribution in [0.4, 0.5) is 8.78 Å². The zero-order valence-electron chi connectivity index (χ0n) is 11.1. The fraction of sp³-hybridized carbons (Fsp3) is 0.0625. The van der Waals surface area contributed by atoms with E-state index in [9.17, 15) is 13.6 Å². The topological polar surface area (TPSA) is 31.2 Å². The molecular formula is C16H11F2NO2. The predicted octanol–water partition coefficient (Wildman–Crippen LogP) is 3.70. The highest BCUT2D eigenvalue weighted by Crippen LogP contribution is 2.25. The van der Waals surface area contributed by atoms with Crippen LogP contribution in [0.5, 0.6) is 0 Å². The smallest absolute Gasteiger partial charge is 0.338 e. The van der Waals surface area contributed by atoms with Gasteiger partial charge >= 0.3 is 5.97 Å². The summed E-state index contributed by atoms with van der Waals surface area (Å²) in [7, 11) is 1.31. The average molecular weight is 287 g/mol. The number of fused-ring (bicyclic) bond motifs is 1. The van der Waals surface area contributed by atoms with Crippen molar-refractivity contribution in [2.45, 2.75) is 0 Å². The van der Waals surface area contributed by atoms with Crippen molar-refractivity contribution in [2.75, 3.05) is 7.11 Å². The molecule has 0 aliphatic heterocycles. The molecule has 0 atom stereocenters. The molecule has 1 aromatic heterocycles. The van der Waals surface area contributed by atoms with Crippen molar-refractivity contribution in [2.24, 2.45) is 0 Å². The molecule has 3 nitrogen and oxygen atoms in total. The summed E-state index contributed by atoms with van der Waals surface area (Å²) in [5, 5.41) is 0.661. The number of hydrogen-bond donors (Lipinski definition) is 0. The van der Waals surface area contributed by atoms with E-state index in [1.807, 2.05) is 0 Å². The lowest BCUT2D eigenvalue weighted by atomic mass is 10.1. The number of methoxy groups -OCH3 is 1. The SMILES string of the molecule is COC(=O)c1cccc2c1ccn2-c1cc(F)cc(F)c1. The Morgan fingerprint density at radius 1 is 1.10 bits per heavy atom. The summed E-state index contributed by atoms with van der Waals surface area (Å²) < 4.78 is 33.1. The summed E-state index contributed by atoms with van der Waals surface area (Å²) in [4.78, 5) is 11.7. The van der Waals surface area contributed by atoms with Gasteiger partial charge in [0, 0.05) is 17.6 Å². The Kier molecular flexibility index (Phi) is 3.17. The van der Waals surface area contributed by atoms with Gasteiger partial charge in [0.1, 0.15) is 11.6 Å². The molecule has 0 fully saturated rings. The Morgan fingerprint density at radius 3 is 2.48 bits per heavy atom. The Labute approximate surface area is 119 Å². The number of ether oxygens (including phenoxy) is 1. The third-order valence-electron chi connectivity index (χ3n) is 3.26. The summed E-state index contributed by atoms with van der Waals surface area (Å²) in [6.07, 6.45) is 1.66. The van der Waals surface area contributed by atoms with Gasteiger partial charge in [-0.15, -0.1) is 0 Å². The molecule has 106 valence electrons. The quantitative estimate of drug-likeness (QED) is 0.673. The van der Waals surface area contributed by atoms with Crippen molar-refractivity contribution in [3.8, 4) is 5.69 Å². The maximum absolute atomic E-state index is 13.4. The van der Waals surface area contributed by atoms with Crippen LogP contribution in [-0.2, 0) is 4.74 Å². The summed E-state index contributed by atoms with van der Waals surface area (Å²) in [5.41, 5.74) is 1.43. The minimum atomic E-state index is -0.657. The van der Waals surface area contributed by atoms with Crippen molar-refractivity contribution < 1.29 is 18.3 Å². The fourth-order valence-electron chi connectivity index (χ4n) is 2.36. The largest absolute Gasteiger partial charge is 0.465 e. The minimum Gasteiger partial charge on any atom is -0.465 e. The highest BCUT2D eigenvalue weighted by Gasteiger charge is 2.13. The fourth-order valence-corrected chi connectivity index (χ4v) is 2.36. The van der Waals surface area contributed by atoms with Gasteiger partial charge in [-0.1, -0.05) is 6.07 Å². The molecule has 1 heterocycles. The highest BCUT2D eigenvalue weighted by atomic mass is 19.1. The molecule has 3 aromatic rings. The van der Waals surface area contributed by atoms with Crippen LogP contribution in [0.25, 0.3) is 16.6 Å². The van der Waals surface area contributed by atoms with Gasteiger partial charge in [-0.2, -0.15) is 0 Å². The van der Waals surface area contributed by atoms with Gasteiger partial charge < -0.3 is 9.30 Å². The van der Waals surface area contributed by atoms with Crippen LogP contribution in [0.2, 0.25) is 0 Å². The van der Waals surface area contributed by atoms with E-state index in [-0.39, 0.29) is 0 Å². The maximum atomic E-state index is 13.4. The zero-order chi connectivity index (χ0) is 15.0. The summed E-state index contributed by atoms with van der Waals surface area (Å²) in [6, 6.07) is 10.1. The van der Waals surface area contributed by atoms with Crippen molar-refractivity contribution >= 4 is 16.9 Å². The van der Waals surface area contributed by atoms with E-state index in [1.165, 1.54) is 19.2 Å². The van der Waals surface area contributed by atoms with Crippen LogP contribution < -0.4 is 0 Å². The molecular weight excluding hydrogens is 276 g/mol. The standard InChI is InChI=1S/C16H11F2NO2/c1-21-16(20)14-3-2-4-15-13(14)5-6-19(15)12-8-10(17)7-11(18)9-12/h2-9H,1H3. The minimum absolute atomic E-state index is 0.351. The first-order valence-corrected chi connectivity index (χ1v) is 6.25. The van der Waals surface area contributed by atoms with Crippen LogP contribution in [0.15, 0.2) is 48.7 Å². The number of rotatable bonds is 2. The number of halogens is 2. The molecule has 0 amide bonds. The highest BCUT2D eigenvalue weighted by molar-refractivity contribution is 6.04. The molecule has 0 bridgehead atoms. The number of nitrogens with zero attached hydrogens (tertiary/aromatic N) is 1. The molecule has 0 saturated carbocycles. The van der Waals surface area contributed by atoms with E-state index in [2.05, 4.69) is 0 Å². The molecule has 0 spiro atoms. The lowest BCUT2D eigenvalue weighted by Gasteiger charge is -2.07. The Hall–Kier alpha value is -2.69. The zero-order valence-corrected chi connectivity index (χ0v) is 11.1. The lowest BCUT2D eigenvalue weighted by Crippen LogP contribution is -2.01. The molecule has 0 N–H and O–H groups in total. The van der Waals surface area contributed by atoms with Gasteiger partial charge in [-0.3, -0.25) is 0 Å². The van der Waals surface area contributed by atoms with Gasteiger partial charge in [-0.05, 0) is 30.3 Å². The van der Waals surface area contributed by atoms with E-state index >= 15 is 0 Å². The summed E-state index contributed by atoms with van der Waals surface area (Å²) in [5.74, 6) is -1.77. The molecule has 0 aliphatic rings. The molecule has 21 heavy (non-hydrogen) atoms. The van der Waals surface area contributed by atoms with E-state index in [1.54, 1.807) is 35.0 Å². The molecule has 0 aliphatic carbocycles. The Balaban J connectivity index is 2.23. The molecule has 0 unspecified atom stereocenters. The Bertz CT molecular complexity index is 819. The van der Waals surface area contributed by atoms with E-state index in [0.29, 0.717) is 22.2 Å². The van der Waals surface area contributed by atoms with Crippen LogP contribution in [-0.4, -0.2) is 17.6 Å². The molecule has 0 saturated heterocycles. The molecule has 5 heteroatoms. The monoisotopic (exact) mass is 287 g/mol. The summed E-state index contributed by atoms with van der Waals surface area (Å²) >= 11 is 0. The second-order valence-corrected chi connectivity index (χ2v) is 4.54. The van der Waals surface area contributed by atoms with E-state index < -0.39 is 17.6 Å². The predicted molar refractivity (Wildman–Crippen MR) is 74.5 cm³/mol. The third kappa shape index (κ3) is 2.27. The van der Waals surface area contributed by atoms with Crippen molar-refractivity contribution in [1.29, 1.82) is 0 Å². The number of esters is 1. The third-order valence-corrected chi connectivity index (χ3v) is 3.26. The average Bonchev–Trinajstić information content (AvgIpc) is 2.89. The number of hydrogen-bond acceptors (Lipinski definition) is 2.